The summed E-state index contributed by atoms with van der Waals surface area (Å²) in [4.78, 5) is 52.5. The summed E-state index contributed by atoms with van der Waals surface area (Å²) < 4.78 is 5.34. The van der Waals surface area contributed by atoms with Crippen LogP contribution in [0.3, 0.4) is 0 Å². The lowest BCUT2D eigenvalue weighted by Gasteiger charge is -2.25. The van der Waals surface area contributed by atoms with Crippen LogP contribution in [-0.2, 0) is 32.3 Å². The lowest BCUT2D eigenvalue weighted by atomic mass is 10.1. The highest BCUT2D eigenvalue weighted by Crippen LogP contribution is 2.19. The molecule has 2 atom stereocenters. The van der Waals surface area contributed by atoms with E-state index in [2.05, 4.69) is 26.0 Å². The number of aliphatic hydroxyl groups excluding tert-OH is 1. The molecule has 1 aromatic rings. The van der Waals surface area contributed by atoms with Crippen molar-refractivity contribution in [3.8, 4) is 0 Å². The fourth-order valence-electron chi connectivity index (χ4n) is 2.77. The lowest BCUT2D eigenvalue weighted by Crippen LogP contribution is -2.50. The first-order chi connectivity index (χ1) is 16.3. The molecular weight excluding hydrogens is 458 g/mol. The number of nitrogens with one attached hydrogen (secondary N) is 3. The number of benzene rings is 1. The van der Waals surface area contributed by atoms with Crippen molar-refractivity contribution in [2.75, 3.05) is 18.9 Å². The summed E-state index contributed by atoms with van der Waals surface area (Å²) in [5.74, 6) is -1.75. The van der Waals surface area contributed by atoms with E-state index in [1.165, 1.54) is 18.7 Å². The van der Waals surface area contributed by atoms with Crippen LogP contribution >= 0.6 is 0 Å². The van der Waals surface area contributed by atoms with E-state index in [0.29, 0.717) is 16.8 Å². The van der Waals surface area contributed by atoms with Gasteiger partial charge in [-0.15, -0.1) is 0 Å². The number of hydrogen-bond donors (Lipinski definition) is 4. The zero-order valence-electron chi connectivity index (χ0n) is 20.8. The van der Waals surface area contributed by atoms with E-state index in [0.717, 1.165) is 0 Å². The van der Waals surface area contributed by atoms with Crippen molar-refractivity contribution in [1.82, 2.24) is 15.5 Å². The Morgan fingerprint density at radius 3 is 2.31 bits per heavy atom. The van der Waals surface area contributed by atoms with Crippen LogP contribution in [0.2, 0.25) is 0 Å². The highest BCUT2D eigenvalue weighted by Gasteiger charge is 2.22. The summed E-state index contributed by atoms with van der Waals surface area (Å²) in [6.07, 6.45) is -0.534. The fraction of sp³-hybridized carbons (Fsp3) is 0.545. The Bertz CT molecular complexity index is 985. The molecule has 35 heavy (non-hydrogen) atoms. The molecule has 0 aliphatic carbocycles. The summed E-state index contributed by atoms with van der Waals surface area (Å²) in [6, 6.07) is 2.94. The molecule has 13 nitrogen and oxygen atoms in total. The number of carbonyl (C=O) groups is 4. The van der Waals surface area contributed by atoms with Crippen LogP contribution < -0.4 is 16.0 Å². The molecule has 192 valence electrons. The van der Waals surface area contributed by atoms with Gasteiger partial charge in [-0.3, -0.25) is 14.4 Å². The predicted molar refractivity (Wildman–Crippen MR) is 128 cm³/mol. The molecule has 4 amide bonds. The van der Waals surface area contributed by atoms with Gasteiger partial charge < -0.3 is 30.7 Å². The number of nitrogens with zero attached hydrogens (tertiary/aromatic N) is 4. The van der Waals surface area contributed by atoms with Crippen LogP contribution in [0.1, 0.15) is 45.7 Å². The van der Waals surface area contributed by atoms with Crippen LogP contribution in [0.4, 0.5) is 10.5 Å². The van der Waals surface area contributed by atoms with Gasteiger partial charge in [0.2, 0.25) is 17.7 Å². The zero-order chi connectivity index (χ0) is 26.8. The molecule has 0 bridgehead atoms. The first kappa shape index (κ1) is 29.2. The quantitative estimate of drug-likeness (QED) is 0.219. The number of hydrogen-bond acceptors (Lipinski definition) is 7. The number of rotatable bonds is 10. The topological polar surface area (TPSA) is 186 Å². The second-order valence-electron chi connectivity index (χ2n) is 8.88. The van der Waals surface area contributed by atoms with Gasteiger partial charge >= 0.3 is 6.09 Å². The molecule has 0 heterocycles. The largest absolute Gasteiger partial charge is 0.444 e. The van der Waals surface area contributed by atoms with E-state index in [1.807, 2.05) is 0 Å². The van der Waals surface area contributed by atoms with Gasteiger partial charge in [-0.1, -0.05) is 11.2 Å². The van der Waals surface area contributed by atoms with Crippen LogP contribution in [0.25, 0.3) is 10.4 Å². The van der Waals surface area contributed by atoms with Gasteiger partial charge in [0.25, 0.3) is 0 Å². The van der Waals surface area contributed by atoms with Gasteiger partial charge in [0, 0.05) is 24.2 Å². The van der Waals surface area contributed by atoms with E-state index < -0.39 is 48.0 Å². The monoisotopic (exact) mass is 491 g/mol. The Hall–Kier alpha value is -3.83. The highest BCUT2D eigenvalue weighted by molar-refractivity contribution is 5.98. The molecule has 4 N–H and O–H groups in total. The maximum atomic E-state index is 12.6. The molecule has 0 unspecified atom stereocenters. The SMILES string of the molecule is C[C@H](NC(=O)CN=[N+]=[N-])C(=O)N[C@@H](C)C(=O)Nc1ccc(CO)c(CN(C)C(=O)OC(C)(C)C)c1. The van der Waals surface area contributed by atoms with Crippen LogP contribution in [0.15, 0.2) is 23.3 Å². The minimum Gasteiger partial charge on any atom is -0.444 e. The average Bonchev–Trinajstić information content (AvgIpc) is 2.76. The highest BCUT2D eigenvalue weighted by atomic mass is 16.6. The maximum Gasteiger partial charge on any atom is 0.410 e. The van der Waals surface area contributed by atoms with Crippen molar-refractivity contribution in [2.24, 2.45) is 5.11 Å². The number of ether oxygens (including phenoxy) is 1. The Kier molecular flexibility index (Phi) is 11.0. The molecule has 13 heteroatoms. The summed E-state index contributed by atoms with van der Waals surface area (Å²) in [5, 5.41) is 20.3. The van der Waals surface area contributed by atoms with Gasteiger partial charge in [-0.2, -0.15) is 0 Å². The standard InChI is InChI=1S/C22H33N7O6/c1-13(25-18(31)10-24-28-23)19(32)26-14(2)20(33)27-17-8-7-15(12-30)16(9-17)11-29(6)21(34)35-22(3,4)5/h7-9,13-14,30H,10-12H2,1-6H3,(H,25,31)(H,26,32)(H,27,33)/t13-,14-/m0/s1. The molecule has 0 aromatic heterocycles. The Morgan fingerprint density at radius 2 is 1.74 bits per heavy atom. The average molecular weight is 492 g/mol. The van der Waals surface area contributed by atoms with Crippen LogP contribution in [-0.4, -0.2) is 65.1 Å². The van der Waals surface area contributed by atoms with Crippen LogP contribution in [0.5, 0.6) is 0 Å². The van der Waals surface area contributed by atoms with Crippen molar-refractivity contribution in [3.63, 3.8) is 0 Å². The van der Waals surface area contributed by atoms with Gasteiger partial charge in [0.1, 0.15) is 24.2 Å². The molecule has 0 radical (unpaired) electrons. The third kappa shape index (κ3) is 10.3. The minimum absolute atomic E-state index is 0.133. The third-order valence-corrected chi connectivity index (χ3v) is 4.56. The molecule has 0 aliphatic rings. The van der Waals surface area contributed by atoms with Crippen molar-refractivity contribution in [1.29, 1.82) is 0 Å². The second kappa shape index (κ2) is 13.2. The Morgan fingerprint density at radius 1 is 1.11 bits per heavy atom. The maximum absolute atomic E-state index is 12.6. The van der Waals surface area contributed by atoms with E-state index in [4.69, 9.17) is 10.3 Å². The lowest BCUT2D eigenvalue weighted by molar-refractivity contribution is -0.130. The number of anilines is 1. The van der Waals surface area contributed by atoms with Crippen molar-refractivity contribution in [3.05, 3.63) is 39.8 Å². The van der Waals surface area contributed by atoms with Crippen molar-refractivity contribution < 1.29 is 29.0 Å². The Balaban J connectivity index is 2.81. The van der Waals surface area contributed by atoms with E-state index in [-0.39, 0.29) is 13.2 Å². The molecule has 0 saturated heterocycles. The predicted octanol–water partition coefficient (Wildman–Crippen LogP) is 1.80. The zero-order valence-corrected chi connectivity index (χ0v) is 20.8. The summed E-state index contributed by atoms with van der Waals surface area (Å²) in [5.41, 5.74) is 9.15. The first-order valence-electron chi connectivity index (χ1n) is 10.9. The molecular formula is C22H33N7O6. The summed E-state index contributed by atoms with van der Waals surface area (Å²) in [7, 11) is 1.56. The van der Waals surface area contributed by atoms with Crippen LogP contribution in [0, 0.1) is 0 Å². The smallest absolute Gasteiger partial charge is 0.410 e. The number of aliphatic hydroxyl groups is 1. The molecule has 1 aromatic carbocycles. The van der Waals surface area contributed by atoms with Gasteiger partial charge in [-0.05, 0) is 63.4 Å². The second-order valence-corrected chi connectivity index (χ2v) is 8.88. The van der Waals surface area contributed by atoms with E-state index in [9.17, 15) is 24.3 Å². The molecule has 0 aliphatic heterocycles. The van der Waals surface area contributed by atoms with Crippen molar-refractivity contribution in [2.45, 2.75) is 65.5 Å². The summed E-state index contributed by atoms with van der Waals surface area (Å²) in [6.45, 7) is 7.59. The van der Waals surface area contributed by atoms with E-state index in [1.54, 1.807) is 46.0 Å². The number of carbonyl (C=O) groups excluding carboxylic acids is 4. The summed E-state index contributed by atoms with van der Waals surface area (Å²) >= 11 is 0. The molecule has 1 rings (SSSR count). The van der Waals surface area contributed by atoms with Crippen molar-refractivity contribution >= 4 is 29.5 Å². The van der Waals surface area contributed by atoms with Gasteiger partial charge in [-0.25, -0.2) is 4.79 Å². The van der Waals surface area contributed by atoms with Gasteiger partial charge in [0.05, 0.1) is 6.61 Å². The van der Waals surface area contributed by atoms with E-state index >= 15 is 0 Å². The molecule has 0 saturated carbocycles. The molecule has 0 fully saturated rings. The normalized spacial score (nSPS) is 12.4. The number of azide groups is 1. The Labute approximate surface area is 203 Å². The minimum atomic E-state index is -0.953. The first-order valence-corrected chi connectivity index (χ1v) is 10.9. The number of amides is 4. The van der Waals surface area contributed by atoms with Gasteiger partial charge in [0.15, 0.2) is 0 Å². The third-order valence-electron chi connectivity index (χ3n) is 4.56. The fourth-order valence-corrected chi connectivity index (χ4v) is 2.77. The molecule has 0 spiro atoms.